The van der Waals surface area contributed by atoms with Crippen LogP contribution in [0.15, 0.2) is 42.5 Å². The monoisotopic (exact) mass is 545 g/mol. The smallest absolute Gasteiger partial charge is 0.244 e. The minimum atomic E-state index is -3.89. The first-order chi connectivity index (χ1) is 16.3. The van der Waals surface area contributed by atoms with Gasteiger partial charge in [0.15, 0.2) is 0 Å². The van der Waals surface area contributed by atoms with Gasteiger partial charge in [-0.25, -0.2) is 12.8 Å². The van der Waals surface area contributed by atoms with Gasteiger partial charge in [-0.1, -0.05) is 56.1 Å². The number of halogens is 3. The van der Waals surface area contributed by atoms with Gasteiger partial charge in [0.1, 0.15) is 18.4 Å². The highest BCUT2D eigenvalue weighted by atomic mass is 35.5. The number of hydrogen-bond donors (Lipinski definition) is 1. The fourth-order valence-corrected chi connectivity index (χ4v) is 4.52. The van der Waals surface area contributed by atoms with E-state index in [1.165, 1.54) is 47.4 Å². The second-order valence-corrected chi connectivity index (χ2v) is 11.3. The zero-order valence-electron chi connectivity index (χ0n) is 20.1. The lowest BCUT2D eigenvalue weighted by molar-refractivity contribution is -0.140. The Kier molecular flexibility index (Phi) is 10.4. The molecular formula is C24H30Cl2FN3O4S. The van der Waals surface area contributed by atoms with Gasteiger partial charge in [0.05, 0.1) is 22.0 Å². The number of nitrogens with one attached hydrogen (secondary N) is 1. The molecule has 0 aliphatic rings. The van der Waals surface area contributed by atoms with Gasteiger partial charge in [0, 0.05) is 13.1 Å². The van der Waals surface area contributed by atoms with Gasteiger partial charge >= 0.3 is 0 Å². The van der Waals surface area contributed by atoms with E-state index in [9.17, 15) is 22.4 Å². The predicted octanol–water partition coefficient (Wildman–Crippen LogP) is 4.48. The molecule has 192 valence electrons. The van der Waals surface area contributed by atoms with Gasteiger partial charge in [-0.3, -0.25) is 13.9 Å². The highest BCUT2D eigenvalue weighted by Gasteiger charge is 2.31. The van der Waals surface area contributed by atoms with E-state index >= 15 is 0 Å². The van der Waals surface area contributed by atoms with Crippen molar-refractivity contribution in [3.05, 3.63) is 63.9 Å². The molecule has 11 heteroatoms. The summed E-state index contributed by atoms with van der Waals surface area (Å²) in [7, 11) is -3.89. The summed E-state index contributed by atoms with van der Waals surface area (Å²) in [5.74, 6) is -1.18. The van der Waals surface area contributed by atoms with E-state index in [1.54, 1.807) is 6.92 Å². The van der Waals surface area contributed by atoms with Crippen molar-refractivity contribution in [3.63, 3.8) is 0 Å². The molecule has 2 rings (SSSR count). The zero-order chi connectivity index (χ0) is 26.3. The van der Waals surface area contributed by atoms with E-state index in [0.29, 0.717) is 18.5 Å². The average molecular weight is 546 g/mol. The lowest BCUT2D eigenvalue weighted by Crippen LogP contribution is -2.52. The van der Waals surface area contributed by atoms with Gasteiger partial charge in [0.25, 0.3) is 0 Å². The first-order valence-electron chi connectivity index (χ1n) is 11.1. The van der Waals surface area contributed by atoms with Crippen LogP contribution in [0.3, 0.4) is 0 Å². The van der Waals surface area contributed by atoms with Crippen molar-refractivity contribution in [1.82, 2.24) is 10.2 Å². The molecule has 2 aromatic rings. The van der Waals surface area contributed by atoms with Crippen molar-refractivity contribution < 1.29 is 22.4 Å². The van der Waals surface area contributed by atoms with Crippen LogP contribution in [0.25, 0.3) is 0 Å². The summed E-state index contributed by atoms with van der Waals surface area (Å²) in [5.41, 5.74) is 0.754. The molecule has 35 heavy (non-hydrogen) atoms. The van der Waals surface area contributed by atoms with Crippen molar-refractivity contribution in [2.75, 3.05) is 23.7 Å². The molecular weight excluding hydrogens is 516 g/mol. The number of amides is 2. The number of carbonyl (C=O) groups excluding carboxylic acids is 2. The maximum Gasteiger partial charge on any atom is 0.244 e. The van der Waals surface area contributed by atoms with Gasteiger partial charge < -0.3 is 10.2 Å². The molecule has 0 heterocycles. The highest BCUT2D eigenvalue weighted by molar-refractivity contribution is 7.92. The fourth-order valence-electron chi connectivity index (χ4n) is 3.38. The Bertz CT molecular complexity index is 1140. The molecule has 0 fully saturated rings. The van der Waals surface area contributed by atoms with Crippen molar-refractivity contribution >= 4 is 50.7 Å². The van der Waals surface area contributed by atoms with E-state index < -0.39 is 34.3 Å². The molecule has 0 spiro atoms. The third kappa shape index (κ3) is 8.37. The molecule has 0 aliphatic heterocycles. The molecule has 1 N–H and O–H groups in total. The van der Waals surface area contributed by atoms with Gasteiger partial charge in [0.2, 0.25) is 21.8 Å². The van der Waals surface area contributed by atoms with Crippen LogP contribution < -0.4 is 9.62 Å². The molecule has 0 bridgehead atoms. The molecule has 0 unspecified atom stereocenters. The standard InChI is InChI=1S/C24H30Cl2FN3O4S/c1-5-22(24(32)28-13-16(2)3)29(14-17-6-8-18(27)9-7-17)23(31)15-30(35(4,33)34)19-10-11-20(25)21(26)12-19/h6-12,16,22H,5,13-15H2,1-4H3,(H,28,32)/t22-/m1/s1. The Hall–Kier alpha value is -2.36. The molecule has 0 saturated heterocycles. The van der Waals surface area contributed by atoms with Gasteiger partial charge in [-0.2, -0.15) is 0 Å². The topological polar surface area (TPSA) is 86.8 Å². The minimum absolute atomic E-state index is 0.00824. The summed E-state index contributed by atoms with van der Waals surface area (Å²) < 4.78 is 39.5. The number of carbonyl (C=O) groups is 2. The van der Waals surface area contributed by atoms with E-state index in [4.69, 9.17) is 23.2 Å². The van der Waals surface area contributed by atoms with Crippen molar-refractivity contribution in [1.29, 1.82) is 0 Å². The summed E-state index contributed by atoms with van der Waals surface area (Å²) in [5, 5.41) is 3.20. The number of anilines is 1. The minimum Gasteiger partial charge on any atom is -0.354 e. The molecule has 1 atom stereocenters. The average Bonchev–Trinajstić information content (AvgIpc) is 2.78. The third-order valence-corrected chi connectivity index (χ3v) is 7.09. The Morgan fingerprint density at radius 2 is 1.69 bits per heavy atom. The number of sulfonamides is 1. The summed E-state index contributed by atoms with van der Waals surface area (Å²) in [4.78, 5) is 27.8. The predicted molar refractivity (Wildman–Crippen MR) is 138 cm³/mol. The Balaban J connectivity index is 2.43. The summed E-state index contributed by atoms with van der Waals surface area (Å²) >= 11 is 12.0. The Labute approximate surface area is 216 Å². The van der Waals surface area contributed by atoms with Crippen LogP contribution in [0.1, 0.15) is 32.8 Å². The normalized spacial score (nSPS) is 12.3. The van der Waals surface area contributed by atoms with E-state index in [2.05, 4.69) is 5.32 Å². The largest absolute Gasteiger partial charge is 0.354 e. The molecule has 0 radical (unpaired) electrons. The third-order valence-electron chi connectivity index (χ3n) is 5.21. The summed E-state index contributed by atoms with van der Waals surface area (Å²) in [6.07, 6.45) is 1.27. The second kappa shape index (κ2) is 12.6. The van der Waals surface area contributed by atoms with Crippen LogP contribution in [-0.2, 0) is 26.2 Å². The number of nitrogens with zero attached hydrogens (tertiary/aromatic N) is 2. The number of hydrogen-bond acceptors (Lipinski definition) is 4. The zero-order valence-corrected chi connectivity index (χ0v) is 22.4. The maximum absolute atomic E-state index is 13.5. The lowest BCUT2D eigenvalue weighted by atomic mass is 10.1. The maximum atomic E-state index is 13.5. The quantitative estimate of drug-likeness (QED) is 0.451. The van der Waals surface area contributed by atoms with Crippen LogP contribution >= 0.6 is 23.2 Å². The number of rotatable bonds is 11. The second-order valence-electron chi connectivity index (χ2n) is 8.58. The van der Waals surface area contributed by atoms with Crippen LogP contribution in [-0.4, -0.2) is 50.5 Å². The Morgan fingerprint density at radius 1 is 1.06 bits per heavy atom. The SMILES string of the molecule is CC[C@H](C(=O)NCC(C)C)N(Cc1ccc(F)cc1)C(=O)CN(c1ccc(Cl)c(Cl)c1)S(C)(=O)=O. The fraction of sp³-hybridized carbons (Fsp3) is 0.417. The molecule has 2 amide bonds. The van der Waals surface area contributed by atoms with Crippen LogP contribution in [0, 0.1) is 11.7 Å². The molecule has 0 aliphatic carbocycles. The highest BCUT2D eigenvalue weighted by Crippen LogP contribution is 2.28. The summed E-state index contributed by atoms with van der Waals surface area (Å²) in [6, 6.07) is 8.93. The van der Waals surface area contributed by atoms with Crippen molar-refractivity contribution in [3.8, 4) is 0 Å². The Morgan fingerprint density at radius 3 is 2.20 bits per heavy atom. The van der Waals surface area contributed by atoms with Crippen LogP contribution in [0.5, 0.6) is 0 Å². The molecule has 0 saturated carbocycles. The van der Waals surface area contributed by atoms with Crippen LogP contribution in [0.2, 0.25) is 10.0 Å². The van der Waals surface area contributed by atoms with Gasteiger partial charge in [-0.15, -0.1) is 0 Å². The van der Waals surface area contributed by atoms with Crippen LogP contribution in [0.4, 0.5) is 10.1 Å². The molecule has 2 aromatic carbocycles. The van der Waals surface area contributed by atoms with E-state index in [0.717, 1.165) is 10.6 Å². The van der Waals surface area contributed by atoms with E-state index in [-0.39, 0.29) is 34.1 Å². The van der Waals surface area contributed by atoms with Crippen molar-refractivity contribution in [2.45, 2.75) is 39.8 Å². The summed E-state index contributed by atoms with van der Waals surface area (Å²) in [6.45, 7) is 5.51. The molecule has 7 nitrogen and oxygen atoms in total. The molecule has 0 aromatic heterocycles. The first kappa shape index (κ1) is 28.9. The lowest BCUT2D eigenvalue weighted by Gasteiger charge is -2.33. The van der Waals surface area contributed by atoms with E-state index in [1.807, 2.05) is 13.8 Å². The first-order valence-corrected chi connectivity index (χ1v) is 13.7. The van der Waals surface area contributed by atoms with Gasteiger partial charge in [-0.05, 0) is 48.2 Å². The van der Waals surface area contributed by atoms with Crippen molar-refractivity contribution in [2.24, 2.45) is 5.92 Å². The number of benzene rings is 2.